The SMILES string of the molecule is COc1cccc([C@@H](C)NC(C)CC(=O)O)c1. The molecule has 0 bridgehead atoms. The van der Waals surface area contributed by atoms with E-state index in [1.165, 1.54) is 0 Å². The molecule has 0 amide bonds. The molecule has 94 valence electrons. The zero-order chi connectivity index (χ0) is 12.8. The van der Waals surface area contributed by atoms with Crippen LogP contribution >= 0.6 is 0 Å². The largest absolute Gasteiger partial charge is 0.497 e. The average molecular weight is 237 g/mol. The van der Waals surface area contributed by atoms with Crippen LogP contribution in [0.4, 0.5) is 0 Å². The van der Waals surface area contributed by atoms with Gasteiger partial charge < -0.3 is 15.2 Å². The molecule has 1 rings (SSSR count). The highest BCUT2D eigenvalue weighted by Crippen LogP contribution is 2.19. The van der Waals surface area contributed by atoms with E-state index in [4.69, 9.17) is 9.84 Å². The smallest absolute Gasteiger partial charge is 0.304 e. The molecule has 0 heterocycles. The fourth-order valence-corrected chi connectivity index (χ4v) is 1.75. The standard InChI is InChI=1S/C13H19NO3/c1-9(7-13(15)16)14-10(2)11-5-4-6-12(8-11)17-3/h4-6,8-10,14H,7H2,1-3H3,(H,15,16)/t9?,10-/m1/s1. The molecule has 0 saturated carbocycles. The highest BCUT2D eigenvalue weighted by Gasteiger charge is 2.12. The van der Waals surface area contributed by atoms with E-state index in [-0.39, 0.29) is 18.5 Å². The summed E-state index contributed by atoms with van der Waals surface area (Å²) in [7, 11) is 1.63. The molecule has 0 aliphatic carbocycles. The van der Waals surface area contributed by atoms with Crippen LogP contribution in [-0.2, 0) is 4.79 Å². The van der Waals surface area contributed by atoms with Crippen molar-refractivity contribution in [2.75, 3.05) is 7.11 Å². The lowest BCUT2D eigenvalue weighted by Crippen LogP contribution is -2.30. The van der Waals surface area contributed by atoms with Crippen molar-refractivity contribution in [1.82, 2.24) is 5.32 Å². The van der Waals surface area contributed by atoms with Crippen molar-refractivity contribution < 1.29 is 14.6 Å². The van der Waals surface area contributed by atoms with Crippen LogP contribution in [0.15, 0.2) is 24.3 Å². The Balaban J connectivity index is 2.62. The van der Waals surface area contributed by atoms with Crippen molar-refractivity contribution in [3.8, 4) is 5.75 Å². The number of rotatable bonds is 6. The molecule has 2 atom stereocenters. The zero-order valence-corrected chi connectivity index (χ0v) is 10.4. The van der Waals surface area contributed by atoms with Gasteiger partial charge >= 0.3 is 5.97 Å². The molecular formula is C13H19NO3. The third-order valence-electron chi connectivity index (χ3n) is 2.61. The monoisotopic (exact) mass is 237 g/mol. The quantitative estimate of drug-likeness (QED) is 0.796. The minimum absolute atomic E-state index is 0.0614. The predicted octanol–water partition coefficient (Wildman–Crippen LogP) is 2.21. The minimum Gasteiger partial charge on any atom is -0.497 e. The van der Waals surface area contributed by atoms with Crippen molar-refractivity contribution in [2.24, 2.45) is 0 Å². The fraction of sp³-hybridized carbons (Fsp3) is 0.462. The van der Waals surface area contributed by atoms with Crippen LogP contribution in [0.1, 0.15) is 31.9 Å². The molecule has 1 unspecified atom stereocenters. The third kappa shape index (κ3) is 4.44. The zero-order valence-electron chi connectivity index (χ0n) is 10.4. The highest BCUT2D eigenvalue weighted by molar-refractivity contribution is 5.67. The molecule has 0 spiro atoms. The van der Waals surface area contributed by atoms with Crippen molar-refractivity contribution in [2.45, 2.75) is 32.4 Å². The Kier molecular flexibility index (Phi) is 4.97. The summed E-state index contributed by atoms with van der Waals surface area (Å²) in [6.45, 7) is 3.87. The number of hydrogen-bond acceptors (Lipinski definition) is 3. The fourth-order valence-electron chi connectivity index (χ4n) is 1.75. The van der Waals surface area contributed by atoms with Gasteiger partial charge in [0.05, 0.1) is 13.5 Å². The molecule has 0 aliphatic rings. The van der Waals surface area contributed by atoms with E-state index in [0.29, 0.717) is 0 Å². The number of carbonyl (C=O) groups is 1. The summed E-state index contributed by atoms with van der Waals surface area (Å²) in [6.07, 6.45) is 0.119. The summed E-state index contributed by atoms with van der Waals surface area (Å²) in [4.78, 5) is 10.6. The van der Waals surface area contributed by atoms with Gasteiger partial charge in [-0.3, -0.25) is 4.79 Å². The second-order valence-corrected chi connectivity index (χ2v) is 4.16. The van der Waals surface area contributed by atoms with Gasteiger partial charge in [-0.25, -0.2) is 0 Å². The molecule has 0 aromatic heterocycles. The first-order valence-electron chi connectivity index (χ1n) is 5.64. The Hall–Kier alpha value is -1.55. The van der Waals surface area contributed by atoms with Crippen LogP contribution in [-0.4, -0.2) is 24.2 Å². The number of carboxylic acids is 1. The molecular weight excluding hydrogens is 218 g/mol. The first-order chi connectivity index (χ1) is 8.02. The number of benzene rings is 1. The van der Waals surface area contributed by atoms with E-state index in [1.54, 1.807) is 7.11 Å². The molecule has 1 aromatic rings. The van der Waals surface area contributed by atoms with Crippen LogP contribution in [0.5, 0.6) is 5.75 Å². The molecule has 17 heavy (non-hydrogen) atoms. The molecule has 0 fully saturated rings. The Morgan fingerprint density at radius 1 is 1.47 bits per heavy atom. The summed E-state index contributed by atoms with van der Waals surface area (Å²) >= 11 is 0. The molecule has 0 aliphatic heterocycles. The lowest BCUT2D eigenvalue weighted by molar-refractivity contribution is -0.137. The van der Waals surface area contributed by atoms with Gasteiger partial charge in [-0.1, -0.05) is 12.1 Å². The van der Waals surface area contributed by atoms with E-state index in [0.717, 1.165) is 11.3 Å². The second-order valence-electron chi connectivity index (χ2n) is 4.16. The first-order valence-corrected chi connectivity index (χ1v) is 5.64. The van der Waals surface area contributed by atoms with Gasteiger partial charge in [0.15, 0.2) is 0 Å². The number of carboxylic acid groups (broad SMARTS) is 1. The lowest BCUT2D eigenvalue weighted by Gasteiger charge is -2.19. The van der Waals surface area contributed by atoms with Crippen molar-refractivity contribution in [1.29, 1.82) is 0 Å². The molecule has 4 nitrogen and oxygen atoms in total. The van der Waals surface area contributed by atoms with Crippen molar-refractivity contribution >= 4 is 5.97 Å². The van der Waals surface area contributed by atoms with Crippen LogP contribution in [0, 0.1) is 0 Å². The summed E-state index contributed by atoms with van der Waals surface area (Å²) in [6, 6.07) is 7.79. The average Bonchev–Trinajstić information content (AvgIpc) is 2.27. The maximum absolute atomic E-state index is 10.6. The number of ether oxygens (including phenoxy) is 1. The molecule has 4 heteroatoms. The van der Waals surface area contributed by atoms with Crippen LogP contribution in [0.2, 0.25) is 0 Å². The number of methoxy groups -OCH3 is 1. The van der Waals surface area contributed by atoms with E-state index in [1.807, 2.05) is 38.1 Å². The van der Waals surface area contributed by atoms with Crippen LogP contribution < -0.4 is 10.1 Å². The summed E-state index contributed by atoms with van der Waals surface area (Å²) in [5.41, 5.74) is 1.08. The second kappa shape index (κ2) is 6.25. The number of aliphatic carboxylic acids is 1. The van der Waals surface area contributed by atoms with Gasteiger partial charge in [0.1, 0.15) is 5.75 Å². The van der Waals surface area contributed by atoms with Gasteiger partial charge in [0, 0.05) is 12.1 Å². The minimum atomic E-state index is -0.789. The molecule has 2 N–H and O–H groups in total. The Morgan fingerprint density at radius 3 is 2.76 bits per heavy atom. The number of nitrogens with one attached hydrogen (secondary N) is 1. The third-order valence-corrected chi connectivity index (χ3v) is 2.61. The maximum atomic E-state index is 10.6. The van der Waals surface area contributed by atoms with Gasteiger partial charge in [-0.05, 0) is 31.5 Å². The van der Waals surface area contributed by atoms with E-state index in [2.05, 4.69) is 5.32 Å². The summed E-state index contributed by atoms with van der Waals surface area (Å²) < 4.78 is 5.15. The topological polar surface area (TPSA) is 58.6 Å². The molecule has 0 radical (unpaired) electrons. The Bertz CT molecular complexity index is 379. The van der Waals surface area contributed by atoms with E-state index in [9.17, 15) is 4.79 Å². The first kappa shape index (κ1) is 13.5. The summed E-state index contributed by atoms with van der Waals surface area (Å²) in [5, 5.41) is 11.9. The lowest BCUT2D eigenvalue weighted by atomic mass is 10.1. The summed E-state index contributed by atoms with van der Waals surface area (Å²) in [5.74, 6) is 0.0184. The van der Waals surface area contributed by atoms with Crippen LogP contribution in [0.25, 0.3) is 0 Å². The van der Waals surface area contributed by atoms with E-state index >= 15 is 0 Å². The van der Waals surface area contributed by atoms with Gasteiger partial charge in [-0.15, -0.1) is 0 Å². The van der Waals surface area contributed by atoms with Gasteiger partial charge in [0.2, 0.25) is 0 Å². The predicted molar refractivity (Wildman–Crippen MR) is 66.3 cm³/mol. The van der Waals surface area contributed by atoms with Gasteiger partial charge in [0.25, 0.3) is 0 Å². The number of hydrogen-bond donors (Lipinski definition) is 2. The van der Waals surface area contributed by atoms with E-state index < -0.39 is 5.97 Å². The van der Waals surface area contributed by atoms with Crippen molar-refractivity contribution in [3.63, 3.8) is 0 Å². The Labute approximate surface area is 102 Å². The van der Waals surface area contributed by atoms with Gasteiger partial charge in [-0.2, -0.15) is 0 Å². The normalized spacial score (nSPS) is 14.1. The maximum Gasteiger partial charge on any atom is 0.304 e. The molecule has 1 aromatic carbocycles. The molecule has 0 saturated heterocycles. The highest BCUT2D eigenvalue weighted by atomic mass is 16.5. The van der Waals surface area contributed by atoms with Crippen LogP contribution in [0.3, 0.4) is 0 Å². The Morgan fingerprint density at radius 2 is 2.18 bits per heavy atom. The van der Waals surface area contributed by atoms with Crippen molar-refractivity contribution in [3.05, 3.63) is 29.8 Å².